The molecule has 0 aliphatic carbocycles. The van der Waals surface area contributed by atoms with E-state index in [1.54, 1.807) is 35.4 Å². The Morgan fingerprint density at radius 2 is 2.19 bits per heavy atom. The molecule has 1 aliphatic rings. The van der Waals surface area contributed by atoms with Crippen molar-refractivity contribution in [2.45, 2.75) is 32.5 Å². The molecule has 1 fully saturated rings. The average Bonchev–Trinajstić information content (AvgIpc) is 2.83. The van der Waals surface area contributed by atoms with Crippen molar-refractivity contribution in [3.63, 3.8) is 0 Å². The van der Waals surface area contributed by atoms with Gasteiger partial charge in [-0.25, -0.2) is 4.39 Å². The average molecular weight is 370 g/mol. The highest BCUT2D eigenvalue weighted by molar-refractivity contribution is 5.91. The number of aromatic nitrogens is 1. The molecule has 1 aromatic heterocycles. The first-order valence-electron chi connectivity index (χ1n) is 9.01. The molecule has 0 radical (unpaired) electrons. The van der Waals surface area contributed by atoms with Gasteiger partial charge in [-0.2, -0.15) is 0 Å². The van der Waals surface area contributed by atoms with E-state index in [0.29, 0.717) is 24.4 Å². The van der Waals surface area contributed by atoms with Gasteiger partial charge >= 0.3 is 0 Å². The van der Waals surface area contributed by atoms with Crippen LogP contribution in [-0.2, 0) is 9.53 Å². The molecule has 27 heavy (non-hydrogen) atoms. The highest BCUT2D eigenvalue weighted by atomic mass is 19.1. The molecule has 0 unspecified atom stereocenters. The Morgan fingerprint density at radius 1 is 1.33 bits per heavy atom. The van der Waals surface area contributed by atoms with Gasteiger partial charge in [0.25, 0.3) is 0 Å². The molecule has 2 aromatic rings. The third-order valence-corrected chi connectivity index (χ3v) is 4.30. The summed E-state index contributed by atoms with van der Waals surface area (Å²) in [5.41, 5.74) is 0.590. The summed E-state index contributed by atoms with van der Waals surface area (Å²) in [6.07, 6.45) is 7.16. The zero-order valence-electron chi connectivity index (χ0n) is 15.5. The molecule has 0 spiro atoms. The van der Waals surface area contributed by atoms with Gasteiger partial charge in [0, 0.05) is 25.4 Å². The molecule has 5 nitrogen and oxygen atoms in total. The summed E-state index contributed by atoms with van der Waals surface area (Å²) >= 11 is 0. The third-order valence-electron chi connectivity index (χ3n) is 4.30. The molecular weight excluding hydrogens is 347 g/mol. The standard InChI is InChI=1S/C21H23FN2O3/c1-15-9-11-24(14-16(2)26-15)21(25)8-6-17-5-7-20(19(22)12-17)27-18-4-3-10-23-13-18/h3-8,10,12-13,15-16H,9,11,14H2,1-2H3/b8-6+/t15-,16+/m1/s1. The Labute approximate surface area is 158 Å². The van der Waals surface area contributed by atoms with Crippen LogP contribution >= 0.6 is 0 Å². The number of hydrogen-bond donors (Lipinski definition) is 0. The van der Waals surface area contributed by atoms with Crippen LogP contribution in [0.3, 0.4) is 0 Å². The Hall–Kier alpha value is -2.73. The van der Waals surface area contributed by atoms with E-state index in [1.165, 1.54) is 24.4 Å². The van der Waals surface area contributed by atoms with Gasteiger partial charge in [0.2, 0.25) is 5.91 Å². The molecular formula is C21H23FN2O3. The van der Waals surface area contributed by atoms with E-state index in [4.69, 9.17) is 9.47 Å². The van der Waals surface area contributed by atoms with Crippen molar-refractivity contribution in [1.82, 2.24) is 9.88 Å². The number of ether oxygens (including phenoxy) is 2. The first-order chi connectivity index (χ1) is 13.0. The first-order valence-corrected chi connectivity index (χ1v) is 9.01. The second-order valence-electron chi connectivity index (χ2n) is 6.64. The number of hydrogen-bond acceptors (Lipinski definition) is 4. The Kier molecular flexibility index (Phi) is 6.19. The lowest BCUT2D eigenvalue weighted by molar-refractivity contribution is -0.126. The molecule has 2 atom stereocenters. The fourth-order valence-electron chi connectivity index (χ4n) is 2.96. The number of amides is 1. The second-order valence-corrected chi connectivity index (χ2v) is 6.64. The van der Waals surface area contributed by atoms with Crippen molar-refractivity contribution in [3.05, 3.63) is 60.2 Å². The normalized spacial score (nSPS) is 20.5. The van der Waals surface area contributed by atoms with Gasteiger partial charge in [0.05, 0.1) is 18.4 Å². The van der Waals surface area contributed by atoms with Crippen LogP contribution in [0.1, 0.15) is 25.8 Å². The van der Waals surface area contributed by atoms with E-state index < -0.39 is 5.82 Å². The Bertz CT molecular complexity index is 810. The van der Waals surface area contributed by atoms with E-state index in [1.807, 2.05) is 13.8 Å². The molecule has 142 valence electrons. The zero-order valence-corrected chi connectivity index (χ0v) is 15.5. The fraction of sp³-hybridized carbons (Fsp3) is 0.333. The zero-order chi connectivity index (χ0) is 19.2. The van der Waals surface area contributed by atoms with Gasteiger partial charge in [-0.05, 0) is 56.2 Å². The molecule has 0 saturated carbocycles. The smallest absolute Gasteiger partial charge is 0.246 e. The van der Waals surface area contributed by atoms with E-state index >= 15 is 0 Å². The van der Waals surface area contributed by atoms with Crippen LogP contribution in [0, 0.1) is 5.82 Å². The minimum absolute atomic E-state index is 0.00111. The Balaban J connectivity index is 1.64. The molecule has 1 saturated heterocycles. The number of halogens is 1. The number of nitrogens with zero attached hydrogens (tertiary/aromatic N) is 2. The summed E-state index contributed by atoms with van der Waals surface area (Å²) < 4.78 is 25.5. The van der Waals surface area contributed by atoms with E-state index in [-0.39, 0.29) is 23.9 Å². The van der Waals surface area contributed by atoms with Crippen molar-refractivity contribution < 1.29 is 18.7 Å². The fourth-order valence-corrected chi connectivity index (χ4v) is 2.96. The first kappa shape index (κ1) is 19.0. The van der Waals surface area contributed by atoms with Crippen LogP contribution in [-0.4, -0.2) is 41.1 Å². The van der Waals surface area contributed by atoms with Gasteiger partial charge < -0.3 is 14.4 Å². The minimum Gasteiger partial charge on any atom is -0.453 e. The molecule has 1 aliphatic heterocycles. The maximum absolute atomic E-state index is 14.3. The Morgan fingerprint density at radius 3 is 2.93 bits per heavy atom. The van der Waals surface area contributed by atoms with Gasteiger partial charge in [0.1, 0.15) is 5.75 Å². The van der Waals surface area contributed by atoms with Gasteiger partial charge in [-0.1, -0.05) is 6.07 Å². The van der Waals surface area contributed by atoms with E-state index in [9.17, 15) is 9.18 Å². The van der Waals surface area contributed by atoms with Crippen LogP contribution in [0.4, 0.5) is 4.39 Å². The number of pyridine rings is 1. The minimum atomic E-state index is -0.501. The van der Waals surface area contributed by atoms with Crippen molar-refractivity contribution in [2.24, 2.45) is 0 Å². The van der Waals surface area contributed by atoms with Crippen LogP contribution in [0.5, 0.6) is 11.5 Å². The maximum atomic E-state index is 14.3. The van der Waals surface area contributed by atoms with E-state index in [2.05, 4.69) is 4.98 Å². The quantitative estimate of drug-likeness (QED) is 0.762. The molecule has 0 N–H and O–H groups in total. The summed E-state index contributed by atoms with van der Waals surface area (Å²) in [5.74, 6) is -0.0322. The van der Waals surface area contributed by atoms with Crippen molar-refractivity contribution in [3.8, 4) is 11.5 Å². The lowest BCUT2D eigenvalue weighted by Crippen LogP contribution is -2.34. The monoisotopic (exact) mass is 370 g/mol. The third kappa shape index (κ3) is 5.37. The second kappa shape index (κ2) is 8.77. The number of carbonyl (C=O) groups is 1. The van der Waals surface area contributed by atoms with Gasteiger partial charge in [-0.15, -0.1) is 0 Å². The van der Waals surface area contributed by atoms with Crippen LogP contribution in [0.25, 0.3) is 6.08 Å². The van der Waals surface area contributed by atoms with Gasteiger partial charge in [-0.3, -0.25) is 9.78 Å². The van der Waals surface area contributed by atoms with Crippen molar-refractivity contribution in [1.29, 1.82) is 0 Å². The summed E-state index contributed by atoms with van der Waals surface area (Å²) in [7, 11) is 0. The van der Waals surface area contributed by atoms with Crippen LogP contribution < -0.4 is 4.74 Å². The van der Waals surface area contributed by atoms with Crippen molar-refractivity contribution in [2.75, 3.05) is 13.1 Å². The molecule has 1 aromatic carbocycles. The molecule has 1 amide bonds. The molecule has 0 bridgehead atoms. The summed E-state index contributed by atoms with van der Waals surface area (Å²) in [5, 5.41) is 0. The molecule has 6 heteroatoms. The number of benzene rings is 1. The van der Waals surface area contributed by atoms with Crippen LogP contribution in [0.15, 0.2) is 48.8 Å². The van der Waals surface area contributed by atoms with Crippen LogP contribution in [0.2, 0.25) is 0 Å². The van der Waals surface area contributed by atoms with Crippen molar-refractivity contribution >= 4 is 12.0 Å². The number of carbonyl (C=O) groups excluding carboxylic acids is 1. The molecule has 2 heterocycles. The SMILES string of the molecule is C[C@@H]1CCN(C(=O)/C=C/c2ccc(Oc3cccnc3)c(F)c2)C[C@H](C)O1. The predicted octanol–water partition coefficient (Wildman–Crippen LogP) is 4.05. The maximum Gasteiger partial charge on any atom is 0.246 e. The summed E-state index contributed by atoms with van der Waals surface area (Å²) in [4.78, 5) is 18.1. The summed E-state index contributed by atoms with van der Waals surface area (Å²) in [6.45, 7) is 5.18. The lowest BCUT2D eigenvalue weighted by Gasteiger charge is -2.20. The molecule has 3 rings (SSSR count). The topological polar surface area (TPSA) is 51.7 Å². The highest BCUT2D eigenvalue weighted by Gasteiger charge is 2.21. The highest BCUT2D eigenvalue weighted by Crippen LogP contribution is 2.25. The van der Waals surface area contributed by atoms with Gasteiger partial charge in [0.15, 0.2) is 11.6 Å². The lowest BCUT2D eigenvalue weighted by atomic mass is 10.2. The number of rotatable bonds is 4. The largest absolute Gasteiger partial charge is 0.453 e. The summed E-state index contributed by atoms with van der Waals surface area (Å²) in [6, 6.07) is 7.99. The predicted molar refractivity (Wildman–Crippen MR) is 101 cm³/mol. The van der Waals surface area contributed by atoms with E-state index in [0.717, 1.165) is 6.42 Å².